The van der Waals surface area contributed by atoms with Crippen LogP contribution in [0.2, 0.25) is 5.02 Å². The molecule has 31 heavy (non-hydrogen) atoms. The second-order valence-corrected chi connectivity index (χ2v) is 7.54. The first-order valence-electron chi connectivity index (χ1n) is 9.33. The van der Waals surface area contributed by atoms with Crippen molar-refractivity contribution in [3.05, 3.63) is 64.8 Å². The Bertz CT molecular complexity index is 1250. The maximum atomic E-state index is 13.5. The first kappa shape index (κ1) is 19.3. The topological polar surface area (TPSA) is 104 Å². The lowest BCUT2D eigenvalue weighted by Gasteiger charge is -2.19. The van der Waals surface area contributed by atoms with Crippen molar-refractivity contribution in [1.29, 1.82) is 0 Å². The Morgan fingerprint density at radius 3 is 2.74 bits per heavy atom. The molecule has 2 aliphatic heterocycles. The van der Waals surface area contributed by atoms with E-state index in [1.165, 1.54) is 17.1 Å². The van der Waals surface area contributed by atoms with E-state index in [0.29, 0.717) is 5.82 Å². The van der Waals surface area contributed by atoms with Crippen molar-refractivity contribution in [3.8, 4) is 11.4 Å². The molecule has 2 amide bonds. The fourth-order valence-corrected chi connectivity index (χ4v) is 3.80. The van der Waals surface area contributed by atoms with Gasteiger partial charge in [0, 0.05) is 5.56 Å². The van der Waals surface area contributed by atoms with Crippen LogP contribution in [0.15, 0.2) is 57.3 Å². The van der Waals surface area contributed by atoms with E-state index in [9.17, 15) is 14.0 Å². The Labute approximate surface area is 180 Å². The molecular weight excluding hydrogens is 427 g/mol. The van der Waals surface area contributed by atoms with Crippen LogP contribution in [-0.2, 0) is 16.1 Å². The van der Waals surface area contributed by atoms with Crippen LogP contribution in [0.25, 0.3) is 11.4 Å². The van der Waals surface area contributed by atoms with Crippen molar-refractivity contribution >= 4 is 29.1 Å². The summed E-state index contributed by atoms with van der Waals surface area (Å²) >= 11 is 5.80. The molecule has 0 spiro atoms. The standard InChI is InChI=1S/C20H14ClFN6O3/c1-10-4-2-3-5-12(10)18-23-15(31-25-18)9-27-17-16(24-26-27)19(29)28(20(17)30)11-6-7-14(22)13(21)8-11/h2-8,16-17H,9H2,1H3/t16-,17+/m0/s1. The second kappa shape index (κ2) is 7.24. The fourth-order valence-electron chi connectivity index (χ4n) is 3.62. The lowest BCUT2D eigenvalue weighted by molar-refractivity contribution is -0.123. The van der Waals surface area contributed by atoms with Gasteiger partial charge in [-0.25, -0.2) is 9.29 Å². The quantitative estimate of drug-likeness (QED) is 0.576. The van der Waals surface area contributed by atoms with E-state index in [0.717, 1.165) is 22.1 Å². The Hall–Kier alpha value is -3.66. The van der Waals surface area contributed by atoms with Crippen molar-refractivity contribution < 1.29 is 18.5 Å². The average molecular weight is 441 g/mol. The fraction of sp³-hybridized carbons (Fsp3) is 0.200. The molecule has 1 saturated heterocycles. The maximum absolute atomic E-state index is 13.5. The SMILES string of the molecule is Cc1ccccc1-c1noc(CN2N=N[C@@H]3C(=O)N(c4ccc(F)c(Cl)c4)C(=O)[C@@H]32)n1. The smallest absolute Gasteiger partial charge is 0.263 e. The van der Waals surface area contributed by atoms with Crippen molar-refractivity contribution in [2.75, 3.05) is 4.90 Å². The van der Waals surface area contributed by atoms with Crippen LogP contribution in [0.4, 0.5) is 10.1 Å². The van der Waals surface area contributed by atoms with Gasteiger partial charge in [-0.1, -0.05) is 46.2 Å². The van der Waals surface area contributed by atoms with Gasteiger partial charge in [-0.05, 0) is 30.7 Å². The second-order valence-electron chi connectivity index (χ2n) is 7.13. The average Bonchev–Trinajstić information content (AvgIpc) is 3.43. The Morgan fingerprint density at radius 2 is 1.97 bits per heavy atom. The summed E-state index contributed by atoms with van der Waals surface area (Å²) in [6.45, 7) is 1.93. The van der Waals surface area contributed by atoms with Gasteiger partial charge in [0.1, 0.15) is 12.4 Å². The molecule has 3 heterocycles. The van der Waals surface area contributed by atoms with Crippen molar-refractivity contribution in [2.24, 2.45) is 10.3 Å². The summed E-state index contributed by atoms with van der Waals surface area (Å²) in [5.41, 5.74) is 1.98. The van der Waals surface area contributed by atoms with Crippen LogP contribution in [0.3, 0.4) is 0 Å². The number of nitrogens with zero attached hydrogens (tertiary/aromatic N) is 6. The molecule has 1 aromatic heterocycles. The van der Waals surface area contributed by atoms with E-state index >= 15 is 0 Å². The van der Waals surface area contributed by atoms with Gasteiger partial charge in [0.15, 0.2) is 12.1 Å². The number of aryl methyl sites for hydroxylation is 1. The third-order valence-electron chi connectivity index (χ3n) is 5.17. The number of benzene rings is 2. The highest BCUT2D eigenvalue weighted by Crippen LogP contribution is 2.34. The largest absolute Gasteiger partial charge is 0.337 e. The van der Waals surface area contributed by atoms with Gasteiger partial charge in [-0.2, -0.15) is 10.1 Å². The van der Waals surface area contributed by atoms with E-state index in [4.69, 9.17) is 16.1 Å². The van der Waals surface area contributed by atoms with Crippen LogP contribution < -0.4 is 4.90 Å². The van der Waals surface area contributed by atoms with E-state index in [2.05, 4.69) is 20.5 Å². The molecule has 0 unspecified atom stereocenters. The molecule has 9 nitrogen and oxygen atoms in total. The van der Waals surface area contributed by atoms with Crippen molar-refractivity contribution in [3.63, 3.8) is 0 Å². The first-order chi connectivity index (χ1) is 14.9. The summed E-state index contributed by atoms with van der Waals surface area (Å²) in [6, 6.07) is 9.26. The van der Waals surface area contributed by atoms with E-state index in [-0.39, 0.29) is 23.1 Å². The highest BCUT2D eigenvalue weighted by Gasteiger charge is 2.55. The molecular formula is C20H14ClFN6O3. The molecule has 1 fully saturated rings. The van der Waals surface area contributed by atoms with Gasteiger partial charge in [0.25, 0.3) is 11.8 Å². The number of carbonyl (C=O) groups excluding carboxylic acids is 2. The normalized spacial score (nSPS) is 20.1. The van der Waals surface area contributed by atoms with E-state index in [1.54, 1.807) is 0 Å². The number of fused-ring (bicyclic) bond motifs is 1. The monoisotopic (exact) mass is 440 g/mol. The molecule has 11 heteroatoms. The maximum Gasteiger partial charge on any atom is 0.263 e. The lowest BCUT2D eigenvalue weighted by atomic mass is 10.1. The van der Waals surface area contributed by atoms with Crippen molar-refractivity contribution in [2.45, 2.75) is 25.6 Å². The molecule has 0 bridgehead atoms. The van der Waals surface area contributed by atoms with Gasteiger partial charge in [0.2, 0.25) is 11.7 Å². The number of anilines is 1. The zero-order valence-electron chi connectivity index (χ0n) is 16.1. The third kappa shape index (κ3) is 3.15. The number of halogens is 2. The van der Waals surface area contributed by atoms with Crippen LogP contribution in [0, 0.1) is 12.7 Å². The number of rotatable bonds is 4. The number of hydrogen-bond donors (Lipinski definition) is 0. The zero-order chi connectivity index (χ0) is 21.7. The molecule has 2 aromatic carbocycles. The first-order valence-corrected chi connectivity index (χ1v) is 9.70. The lowest BCUT2D eigenvalue weighted by Crippen LogP contribution is -2.39. The molecule has 5 rings (SSSR count). The van der Waals surface area contributed by atoms with Crippen molar-refractivity contribution in [1.82, 2.24) is 15.1 Å². The molecule has 0 N–H and O–H groups in total. The summed E-state index contributed by atoms with van der Waals surface area (Å²) in [7, 11) is 0. The summed E-state index contributed by atoms with van der Waals surface area (Å²) in [5.74, 6) is -1.11. The molecule has 0 saturated carbocycles. The Kier molecular flexibility index (Phi) is 4.51. The predicted molar refractivity (Wildman–Crippen MR) is 106 cm³/mol. The van der Waals surface area contributed by atoms with E-state index < -0.39 is 29.7 Å². The van der Waals surface area contributed by atoms with Crippen LogP contribution >= 0.6 is 11.6 Å². The highest BCUT2D eigenvalue weighted by molar-refractivity contribution is 6.32. The van der Waals surface area contributed by atoms with E-state index in [1.807, 2.05) is 31.2 Å². The predicted octanol–water partition coefficient (Wildman–Crippen LogP) is 3.33. The Balaban J connectivity index is 1.38. The van der Waals surface area contributed by atoms with Crippen LogP contribution in [0.5, 0.6) is 0 Å². The summed E-state index contributed by atoms with van der Waals surface area (Å²) in [4.78, 5) is 31.1. The highest BCUT2D eigenvalue weighted by atomic mass is 35.5. The molecule has 0 radical (unpaired) electrons. The summed E-state index contributed by atoms with van der Waals surface area (Å²) in [5, 5.41) is 13.0. The number of hydrogen-bond acceptors (Lipinski definition) is 8. The number of aromatic nitrogens is 2. The Morgan fingerprint density at radius 1 is 1.16 bits per heavy atom. The minimum absolute atomic E-state index is 0.000577. The molecule has 156 valence electrons. The molecule has 0 aliphatic carbocycles. The molecule has 2 aliphatic rings. The molecule has 2 atom stereocenters. The van der Waals surface area contributed by atoms with Gasteiger partial charge < -0.3 is 4.52 Å². The zero-order valence-corrected chi connectivity index (χ0v) is 16.8. The molecule has 3 aromatic rings. The van der Waals surface area contributed by atoms with Gasteiger partial charge in [0.05, 0.1) is 10.7 Å². The van der Waals surface area contributed by atoms with Gasteiger partial charge in [-0.15, -0.1) is 0 Å². The van der Waals surface area contributed by atoms with Crippen LogP contribution in [0.1, 0.15) is 11.5 Å². The minimum Gasteiger partial charge on any atom is -0.337 e. The number of imide groups is 1. The third-order valence-corrected chi connectivity index (χ3v) is 5.46. The van der Waals surface area contributed by atoms with Gasteiger partial charge >= 0.3 is 0 Å². The summed E-state index contributed by atoms with van der Waals surface area (Å²) < 4.78 is 18.8. The number of amides is 2. The summed E-state index contributed by atoms with van der Waals surface area (Å²) in [6.07, 6.45) is 0. The minimum atomic E-state index is -1.00. The number of carbonyl (C=O) groups is 2. The van der Waals surface area contributed by atoms with Gasteiger partial charge in [-0.3, -0.25) is 14.6 Å². The van der Waals surface area contributed by atoms with Crippen LogP contribution in [-0.4, -0.2) is 39.0 Å².